The fourth-order valence-electron chi connectivity index (χ4n) is 3.37. The molecule has 1 unspecified atom stereocenters. The second-order valence-electron chi connectivity index (χ2n) is 7.37. The molecule has 0 aliphatic carbocycles. The Morgan fingerprint density at radius 3 is 2.28 bits per heavy atom. The van der Waals surface area contributed by atoms with E-state index >= 15 is 0 Å². The number of hydrogen-bond acceptors (Lipinski definition) is 5. The van der Waals surface area contributed by atoms with Gasteiger partial charge in [0.15, 0.2) is 0 Å². The summed E-state index contributed by atoms with van der Waals surface area (Å²) in [4.78, 5) is 27.0. The quantitative estimate of drug-likeness (QED) is 0.444. The lowest BCUT2D eigenvalue weighted by atomic mass is 9.95. The Hall–Kier alpha value is -3.12. The Balaban J connectivity index is 2.07. The first-order valence-electron chi connectivity index (χ1n) is 9.55. The zero-order chi connectivity index (χ0) is 21.1. The fourth-order valence-corrected chi connectivity index (χ4v) is 3.37. The number of phenolic OH excluding ortho intramolecular Hbond substituents is 1. The number of ketones is 1. The number of carbonyl (C=O) groups is 2. The summed E-state index contributed by atoms with van der Waals surface area (Å²) in [6.07, 6.45) is -0.00787. The molecule has 6 heteroatoms. The molecular formula is C23H25NO5. The second kappa shape index (κ2) is 8.49. The highest BCUT2D eigenvalue weighted by molar-refractivity contribution is 6.46. The topological polar surface area (TPSA) is 87.1 Å². The molecule has 1 heterocycles. The minimum atomic E-state index is -0.757. The van der Waals surface area contributed by atoms with Crippen LogP contribution in [0.2, 0.25) is 0 Å². The second-order valence-corrected chi connectivity index (χ2v) is 7.37. The zero-order valence-electron chi connectivity index (χ0n) is 16.8. The first kappa shape index (κ1) is 20.6. The van der Waals surface area contributed by atoms with Gasteiger partial charge >= 0.3 is 0 Å². The van der Waals surface area contributed by atoms with Gasteiger partial charge in [0, 0.05) is 12.1 Å². The normalized spacial score (nSPS) is 18.6. The minimum absolute atomic E-state index is 0.00787. The van der Waals surface area contributed by atoms with Crippen LogP contribution in [0.4, 0.5) is 0 Å². The molecule has 0 saturated carbocycles. The van der Waals surface area contributed by atoms with Crippen molar-refractivity contribution >= 4 is 17.4 Å². The number of benzene rings is 2. The van der Waals surface area contributed by atoms with Gasteiger partial charge in [0.2, 0.25) is 0 Å². The van der Waals surface area contributed by atoms with Crippen molar-refractivity contribution < 1.29 is 24.5 Å². The largest absolute Gasteiger partial charge is 0.508 e. The highest BCUT2D eigenvalue weighted by Gasteiger charge is 2.45. The van der Waals surface area contributed by atoms with E-state index in [9.17, 15) is 19.8 Å². The van der Waals surface area contributed by atoms with Crippen LogP contribution in [0.25, 0.3) is 5.76 Å². The summed E-state index contributed by atoms with van der Waals surface area (Å²) in [5.41, 5.74) is 2.15. The average Bonchev–Trinajstić information content (AvgIpc) is 2.93. The Kier molecular flexibility index (Phi) is 6.03. The predicted molar refractivity (Wildman–Crippen MR) is 109 cm³/mol. The number of nitrogens with zero attached hydrogens (tertiary/aromatic N) is 1. The Labute approximate surface area is 170 Å². The monoisotopic (exact) mass is 395 g/mol. The molecular weight excluding hydrogens is 370 g/mol. The van der Waals surface area contributed by atoms with Gasteiger partial charge in [-0.1, -0.05) is 42.0 Å². The minimum Gasteiger partial charge on any atom is -0.508 e. The maximum absolute atomic E-state index is 12.8. The number of Topliss-reactive ketones (excluding diaryl/α,β-unsaturated/α-hetero) is 1. The van der Waals surface area contributed by atoms with Crippen LogP contribution in [0, 0.1) is 6.92 Å². The molecule has 152 valence electrons. The number of amides is 1. The van der Waals surface area contributed by atoms with E-state index in [-0.39, 0.29) is 36.3 Å². The fraction of sp³-hybridized carbons (Fsp3) is 0.304. The molecule has 2 aromatic rings. The summed E-state index contributed by atoms with van der Waals surface area (Å²) in [5, 5.41) is 20.5. The van der Waals surface area contributed by atoms with Crippen LogP contribution in [0.1, 0.15) is 36.6 Å². The van der Waals surface area contributed by atoms with Gasteiger partial charge < -0.3 is 19.8 Å². The van der Waals surface area contributed by atoms with Gasteiger partial charge in [-0.05, 0) is 38.5 Å². The third-order valence-electron chi connectivity index (χ3n) is 4.86. The van der Waals surface area contributed by atoms with Crippen LogP contribution < -0.4 is 0 Å². The van der Waals surface area contributed by atoms with E-state index in [0.29, 0.717) is 11.1 Å². The number of ether oxygens (including phenoxy) is 1. The molecule has 3 rings (SSSR count). The number of carbonyl (C=O) groups excluding carboxylic acids is 2. The number of rotatable bonds is 6. The molecule has 2 N–H and O–H groups in total. The first-order chi connectivity index (χ1) is 13.8. The molecule has 0 spiro atoms. The number of likely N-dealkylation sites (tertiary alicyclic amines) is 1. The van der Waals surface area contributed by atoms with Crippen molar-refractivity contribution in [3.05, 3.63) is 70.8 Å². The molecule has 1 aliphatic rings. The molecule has 1 amide bonds. The average molecular weight is 395 g/mol. The molecule has 0 aromatic heterocycles. The van der Waals surface area contributed by atoms with E-state index in [4.69, 9.17) is 4.74 Å². The van der Waals surface area contributed by atoms with Crippen LogP contribution in [0.15, 0.2) is 54.1 Å². The maximum atomic E-state index is 12.8. The van der Waals surface area contributed by atoms with Crippen molar-refractivity contribution in [1.82, 2.24) is 4.90 Å². The number of aryl methyl sites for hydroxylation is 1. The molecule has 2 aromatic carbocycles. The first-order valence-corrected chi connectivity index (χ1v) is 9.55. The van der Waals surface area contributed by atoms with Crippen LogP contribution in [0.5, 0.6) is 5.75 Å². The van der Waals surface area contributed by atoms with Crippen molar-refractivity contribution in [2.24, 2.45) is 0 Å². The van der Waals surface area contributed by atoms with E-state index in [1.807, 2.05) is 32.9 Å². The van der Waals surface area contributed by atoms with Gasteiger partial charge in [-0.15, -0.1) is 0 Å². The third kappa shape index (κ3) is 4.32. The van der Waals surface area contributed by atoms with E-state index in [1.165, 1.54) is 17.0 Å². The standard InChI is InChI=1S/C23H25NO5/c1-14(2)29-13-12-24-20(16-8-10-18(25)11-9-16)19(22(27)23(24)28)21(26)17-6-4-15(3)5-7-17/h4-11,14,20,25-26H,12-13H2,1-3H3/b21-19-. The number of aliphatic hydroxyl groups excluding tert-OH is 1. The van der Waals surface area contributed by atoms with Crippen LogP contribution in [-0.4, -0.2) is 46.1 Å². The van der Waals surface area contributed by atoms with Crippen molar-refractivity contribution in [1.29, 1.82) is 0 Å². The van der Waals surface area contributed by atoms with E-state index in [0.717, 1.165) is 5.56 Å². The van der Waals surface area contributed by atoms with Crippen molar-refractivity contribution in [3.8, 4) is 5.75 Å². The lowest BCUT2D eigenvalue weighted by Gasteiger charge is -2.25. The maximum Gasteiger partial charge on any atom is 0.295 e. The lowest BCUT2D eigenvalue weighted by molar-refractivity contribution is -0.140. The zero-order valence-corrected chi connectivity index (χ0v) is 16.8. The summed E-state index contributed by atoms with van der Waals surface area (Å²) < 4.78 is 5.56. The SMILES string of the molecule is Cc1ccc(/C(O)=C2/C(=O)C(=O)N(CCOC(C)C)C2c2ccc(O)cc2)cc1. The molecule has 6 nitrogen and oxygen atoms in total. The van der Waals surface area contributed by atoms with Gasteiger partial charge in [-0.25, -0.2) is 0 Å². The lowest BCUT2D eigenvalue weighted by Crippen LogP contribution is -2.33. The van der Waals surface area contributed by atoms with Gasteiger partial charge in [-0.2, -0.15) is 0 Å². The van der Waals surface area contributed by atoms with Crippen molar-refractivity contribution in [2.75, 3.05) is 13.2 Å². The molecule has 0 bridgehead atoms. The van der Waals surface area contributed by atoms with E-state index in [2.05, 4.69) is 0 Å². The Bertz CT molecular complexity index is 929. The summed E-state index contributed by atoms with van der Waals surface area (Å²) >= 11 is 0. The molecule has 1 aliphatic heterocycles. The Morgan fingerprint density at radius 2 is 1.69 bits per heavy atom. The molecule has 1 atom stereocenters. The summed E-state index contributed by atoms with van der Waals surface area (Å²) in [6, 6.07) is 12.6. The molecule has 29 heavy (non-hydrogen) atoms. The summed E-state index contributed by atoms with van der Waals surface area (Å²) in [5.74, 6) is -1.55. The van der Waals surface area contributed by atoms with E-state index in [1.54, 1.807) is 24.3 Å². The Morgan fingerprint density at radius 1 is 1.07 bits per heavy atom. The predicted octanol–water partition coefficient (Wildman–Crippen LogP) is 3.55. The van der Waals surface area contributed by atoms with Crippen LogP contribution in [0.3, 0.4) is 0 Å². The summed E-state index contributed by atoms with van der Waals surface area (Å²) in [6.45, 7) is 6.18. The van der Waals surface area contributed by atoms with Gasteiger partial charge in [0.25, 0.3) is 11.7 Å². The van der Waals surface area contributed by atoms with Gasteiger partial charge in [-0.3, -0.25) is 9.59 Å². The summed E-state index contributed by atoms with van der Waals surface area (Å²) in [7, 11) is 0. The van der Waals surface area contributed by atoms with Crippen LogP contribution >= 0.6 is 0 Å². The molecule has 1 fully saturated rings. The number of hydrogen-bond donors (Lipinski definition) is 2. The van der Waals surface area contributed by atoms with E-state index < -0.39 is 17.7 Å². The molecule has 1 saturated heterocycles. The van der Waals surface area contributed by atoms with Crippen molar-refractivity contribution in [3.63, 3.8) is 0 Å². The smallest absolute Gasteiger partial charge is 0.295 e. The van der Waals surface area contributed by atoms with Crippen LogP contribution in [-0.2, 0) is 14.3 Å². The number of aliphatic hydroxyl groups is 1. The number of phenols is 1. The third-order valence-corrected chi connectivity index (χ3v) is 4.86. The van der Waals surface area contributed by atoms with Gasteiger partial charge in [0.05, 0.1) is 24.3 Å². The molecule has 0 radical (unpaired) electrons. The highest BCUT2D eigenvalue weighted by Crippen LogP contribution is 2.39. The van der Waals surface area contributed by atoms with Gasteiger partial charge in [0.1, 0.15) is 11.5 Å². The highest BCUT2D eigenvalue weighted by atomic mass is 16.5. The van der Waals surface area contributed by atoms with Crippen molar-refractivity contribution in [2.45, 2.75) is 32.9 Å². The number of aromatic hydroxyl groups is 1.